The molecule has 2 fully saturated rings. The summed E-state index contributed by atoms with van der Waals surface area (Å²) in [5.41, 5.74) is -0.290. The summed E-state index contributed by atoms with van der Waals surface area (Å²) in [6.45, 7) is 16.1. The van der Waals surface area contributed by atoms with Crippen molar-refractivity contribution in [1.82, 2.24) is 15.1 Å². The number of hydrogen-bond donors (Lipinski definition) is 2. The van der Waals surface area contributed by atoms with Crippen molar-refractivity contribution in [3.05, 3.63) is 0 Å². The molecule has 2 aliphatic heterocycles. The lowest BCUT2D eigenvalue weighted by Gasteiger charge is -2.41. The topological polar surface area (TPSA) is 48.0 Å². The van der Waals surface area contributed by atoms with Crippen LogP contribution in [0.3, 0.4) is 0 Å². The lowest BCUT2D eigenvalue weighted by molar-refractivity contribution is 0.00958. The van der Waals surface area contributed by atoms with Gasteiger partial charge in [-0.05, 0) is 26.8 Å². The number of ether oxygens (including phenoxy) is 1. The third-order valence-electron chi connectivity index (χ3n) is 4.57. The monoisotopic (exact) mass is 299 g/mol. The minimum absolute atomic E-state index is 0.300. The normalized spacial score (nSPS) is 29.1. The van der Waals surface area contributed by atoms with Gasteiger partial charge in [-0.1, -0.05) is 6.92 Å². The van der Waals surface area contributed by atoms with Gasteiger partial charge in [0.15, 0.2) is 0 Å². The quantitative estimate of drug-likeness (QED) is 0.712. The molecule has 0 aromatic rings. The van der Waals surface area contributed by atoms with Crippen LogP contribution in [0.4, 0.5) is 0 Å². The Bertz CT molecular complexity index is 303. The molecule has 21 heavy (non-hydrogen) atoms. The average molecular weight is 299 g/mol. The lowest BCUT2D eigenvalue weighted by atomic mass is 9.86. The van der Waals surface area contributed by atoms with Gasteiger partial charge >= 0.3 is 0 Å². The highest BCUT2D eigenvalue weighted by atomic mass is 16.5. The molecule has 1 unspecified atom stereocenters. The molecule has 5 heteroatoms. The van der Waals surface area contributed by atoms with Crippen LogP contribution in [0, 0.1) is 5.41 Å². The van der Waals surface area contributed by atoms with E-state index in [0.29, 0.717) is 5.41 Å². The molecule has 2 rings (SSSR count). The molecule has 0 bridgehead atoms. The van der Waals surface area contributed by atoms with E-state index in [1.54, 1.807) is 0 Å². The Morgan fingerprint density at radius 1 is 1.19 bits per heavy atom. The summed E-state index contributed by atoms with van der Waals surface area (Å²) in [5, 5.41) is 13.4. The summed E-state index contributed by atoms with van der Waals surface area (Å²) in [7, 11) is 0. The Kier molecular flexibility index (Phi) is 6.03. The van der Waals surface area contributed by atoms with E-state index in [9.17, 15) is 5.11 Å². The first-order valence-electron chi connectivity index (χ1n) is 8.38. The third-order valence-corrected chi connectivity index (χ3v) is 4.57. The highest BCUT2D eigenvalue weighted by Gasteiger charge is 2.37. The molecular weight excluding hydrogens is 266 g/mol. The first-order chi connectivity index (χ1) is 9.92. The number of hydrogen-bond acceptors (Lipinski definition) is 5. The smallest absolute Gasteiger partial charge is 0.0718 e. The fourth-order valence-electron chi connectivity index (χ4n) is 3.49. The van der Waals surface area contributed by atoms with Crippen LogP contribution in [0.1, 0.15) is 27.2 Å². The fraction of sp³-hybridized carbons (Fsp3) is 1.00. The third kappa shape index (κ3) is 5.49. The summed E-state index contributed by atoms with van der Waals surface area (Å²) in [6, 6.07) is 0. The van der Waals surface area contributed by atoms with Crippen molar-refractivity contribution < 1.29 is 9.84 Å². The molecule has 0 aromatic heterocycles. The van der Waals surface area contributed by atoms with Crippen LogP contribution >= 0.6 is 0 Å². The van der Waals surface area contributed by atoms with Crippen molar-refractivity contribution in [2.75, 3.05) is 65.6 Å². The van der Waals surface area contributed by atoms with Crippen LogP contribution in [0.5, 0.6) is 0 Å². The molecule has 2 heterocycles. The van der Waals surface area contributed by atoms with Gasteiger partial charge in [0.1, 0.15) is 0 Å². The van der Waals surface area contributed by atoms with E-state index in [-0.39, 0.29) is 0 Å². The number of aliphatic hydroxyl groups is 1. The second kappa shape index (κ2) is 7.38. The van der Waals surface area contributed by atoms with Crippen LogP contribution in [0.15, 0.2) is 0 Å². The molecule has 0 radical (unpaired) electrons. The van der Waals surface area contributed by atoms with Crippen LogP contribution in [-0.2, 0) is 4.74 Å². The molecule has 0 aliphatic carbocycles. The Balaban J connectivity index is 1.79. The van der Waals surface area contributed by atoms with Gasteiger partial charge in [-0.2, -0.15) is 0 Å². The molecule has 2 N–H and O–H groups in total. The van der Waals surface area contributed by atoms with E-state index in [1.807, 2.05) is 13.8 Å². The molecule has 2 aliphatic rings. The summed E-state index contributed by atoms with van der Waals surface area (Å²) in [5.74, 6) is 0. The molecule has 0 saturated carbocycles. The van der Waals surface area contributed by atoms with E-state index < -0.39 is 5.60 Å². The van der Waals surface area contributed by atoms with Gasteiger partial charge in [0.2, 0.25) is 0 Å². The van der Waals surface area contributed by atoms with E-state index in [4.69, 9.17) is 4.74 Å². The van der Waals surface area contributed by atoms with Crippen molar-refractivity contribution in [1.29, 1.82) is 0 Å². The van der Waals surface area contributed by atoms with E-state index >= 15 is 0 Å². The van der Waals surface area contributed by atoms with Crippen LogP contribution in [-0.4, -0.2) is 86.1 Å². The first-order valence-corrected chi connectivity index (χ1v) is 8.38. The van der Waals surface area contributed by atoms with E-state index in [0.717, 1.165) is 65.6 Å². The summed E-state index contributed by atoms with van der Waals surface area (Å²) >= 11 is 0. The van der Waals surface area contributed by atoms with Crippen LogP contribution in [0.2, 0.25) is 0 Å². The van der Waals surface area contributed by atoms with Gasteiger partial charge in [0, 0.05) is 57.8 Å². The SMILES string of the molecule is CCNCC1(CN2CCN(CC(C)(C)O)CC2)CCOC1. The number of rotatable bonds is 7. The second-order valence-electron chi connectivity index (χ2n) is 7.45. The largest absolute Gasteiger partial charge is 0.389 e. The average Bonchev–Trinajstić information content (AvgIpc) is 2.86. The highest BCUT2D eigenvalue weighted by Crippen LogP contribution is 2.29. The maximum Gasteiger partial charge on any atom is 0.0718 e. The summed E-state index contributed by atoms with van der Waals surface area (Å²) in [4.78, 5) is 4.95. The van der Waals surface area contributed by atoms with Crippen LogP contribution < -0.4 is 5.32 Å². The second-order valence-corrected chi connectivity index (χ2v) is 7.45. The maximum atomic E-state index is 9.92. The maximum absolute atomic E-state index is 9.92. The van der Waals surface area contributed by atoms with Gasteiger partial charge in [-0.15, -0.1) is 0 Å². The zero-order valence-corrected chi connectivity index (χ0v) is 14.0. The molecule has 1 atom stereocenters. The van der Waals surface area contributed by atoms with Crippen molar-refractivity contribution >= 4 is 0 Å². The minimum Gasteiger partial charge on any atom is -0.389 e. The molecule has 0 spiro atoms. The predicted octanol–water partition coefficient (Wildman–Crippen LogP) is 0.391. The lowest BCUT2D eigenvalue weighted by Crippen LogP contribution is -2.54. The highest BCUT2D eigenvalue weighted by molar-refractivity contribution is 4.90. The van der Waals surface area contributed by atoms with Gasteiger partial charge in [0.25, 0.3) is 0 Å². The number of nitrogens with zero attached hydrogens (tertiary/aromatic N) is 2. The number of β-amino-alcohol motifs (C(OH)–C–C–N with tert-alkyl or cyclic N) is 1. The van der Waals surface area contributed by atoms with E-state index in [2.05, 4.69) is 22.0 Å². The van der Waals surface area contributed by atoms with Gasteiger partial charge < -0.3 is 20.1 Å². The minimum atomic E-state index is -0.590. The fourth-order valence-corrected chi connectivity index (χ4v) is 3.49. The molecule has 124 valence electrons. The van der Waals surface area contributed by atoms with Crippen molar-refractivity contribution in [2.45, 2.75) is 32.8 Å². The molecular formula is C16H33N3O2. The van der Waals surface area contributed by atoms with Gasteiger partial charge in [0.05, 0.1) is 12.2 Å². The first kappa shape index (κ1) is 17.2. The molecule has 2 saturated heterocycles. The Hall–Kier alpha value is -0.200. The molecule has 5 nitrogen and oxygen atoms in total. The van der Waals surface area contributed by atoms with Crippen LogP contribution in [0.25, 0.3) is 0 Å². The Labute approximate surface area is 129 Å². The Morgan fingerprint density at radius 3 is 2.38 bits per heavy atom. The number of nitrogens with one attached hydrogen (secondary N) is 1. The number of piperazine rings is 1. The zero-order chi connectivity index (χ0) is 15.3. The van der Waals surface area contributed by atoms with Gasteiger partial charge in [-0.25, -0.2) is 0 Å². The van der Waals surface area contributed by atoms with Crippen molar-refractivity contribution in [2.24, 2.45) is 5.41 Å². The zero-order valence-electron chi connectivity index (χ0n) is 14.0. The molecule has 0 aromatic carbocycles. The van der Waals surface area contributed by atoms with E-state index in [1.165, 1.54) is 6.42 Å². The molecule has 0 amide bonds. The van der Waals surface area contributed by atoms with Crippen molar-refractivity contribution in [3.8, 4) is 0 Å². The standard InChI is InChI=1S/C16H33N3O2/c1-4-17-11-16(5-10-21-14-16)13-19-8-6-18(7-9-19)12-15(2,3)20/h17,20H,4-14H2,1-3H3. The summed E-state index contributed by atoms with van der Waals surface area (Å²) in [6.07, 6.45) is 1.17. The Morgan fingerprint density at radius 2 is 1.86 bits per heavy atom. The van der Waals surface area contributed by atoms with Gasteiger partial charge in [-0.3, -0.25) is 4.90 Å². The predicted molar refractivity (Wildman–Crippen MR) is 85.6 cm³/mol. The summed E-state index contributed by atoms with van der Waals surface area (Å²) < 4.78 is 5.68. The van der Waals surface area contributed by atoms with Crippen molar-refractivity contribution in [3.63, 3.8) is 0 Å².